The molecule has 0 aliphatic rings. The number of hydrogen-bond acceptors (Lipinski definition) is 5. The lowest BCUT2D eigenvalue weighted by molar-refractivity contribution is -0.136. The lowest BCUT2D eigenvalue weighted by Gasteiger charge is -2.32. The smallest absolute Gasteiger partial charge is 0.305 e. The van der Waals surface area contributed by atoms with Crippen molar-refractivity contribution in [2.45, 2.75) is 33.2 Å². The molecule has 198 valence electrons. The molecule has 0 saturated heterocycles. The Morgan fingerprint density at radius 3 is 2.42 bits per heavy atom. The maximum atomic E-state index is 12.2. The molecule has 0 aliphatic carbocycles. The van der Waals surface area contributed by atoms with Crippen LogP contribution in [-0.4, -0.2) is 36.2 Å². The van der Waals surface area contributed by atoms with Gasteiger partial charge in [0.1, 0.15) is 23.7 Å². The zero-order chi connectivity index (χ0) is 27.3. The zero-order valence-corrected chi connectivity index (χ0v) is 22.3. The number of carboxylic acids is 1. The molecule has 1 unspecified atom stereocenters. The summed E-state index contributed by atoms with van der Waals surface area (Å²) in [5, 5.41) is 16.4. The van der Waals surface area contributed by atoms with Crippen LogP contribution in [0.4, 0.5) is 5.69 Å². The molecular weight excluding hydrogens is 504 g/mol. The van der Waals surface area contributed by atoms with E-state index in [2.05, 4.69) is 31.4 Å². The summed E-state index contributed by atoms with van der Waals surface area (Å²) < 4.78 is 12.1. The SMILES string of the molecule is CC(C)(C)C(COc1ccc(-c2cc3ccccc3o2)c(Cl)c1)Nc1ccc(C(=O)NCCC(=O)O)cc1. The summed E-state index contributed by atoms with van der Waals surface area (Å²) in [7, 11) is 0. The summed E-state index contributed by atoms with van der Waals surface area (Å²) in [5.74, 6) is 0.0940. The zero-order valence-electron chi connectivity index (χ0n) is 21.6. The van der Waals surface area contributed by atoms with Crippen LogP contribution in [0, 0.1) is 5.41 Å². The maximum Gasteiger partial charge on any atom is 0.305 e. The van der Waals surface area contributed by atoms with Gasteiger partial charge in [-0.25, -0.2) is 0 Å². The number of benzene rings is 3. The van der Waals surface area contributed by atoms with Crippen molar-refractivity contribution in [1.29, 1.82) is 0 Å². The summed E-state index contributed by atoms with van der Waals surface area (Å²) >= 11 is 6.60. The minimum absolute atomic E-state index is 0.0495. The molecular formula is C30H31ClN2O5. The van der Waals surface area contributed by atoms with Gasteiger partial charge in [0.05, 0.1) is 17.5 Å². The van der Waals surface area contributed by atoms with Crippen molar-refractivity contribution in [3.8, 4) is 17.1 Å². The Morgan fingerprint density at radius 2 is 1.76 bits per heavy atom. The number of hydrogen-bond donors (Lipinski definition) is 3. The van der Waals surface area contributed by atoms with E-state index in [0.717, 1.165) is 22.2 Å². The number of rotatable bonds is 10. The second-order valence-electron chi connectivity index (χ2n) is 10.1. The van der Waals surface area contributed by atoms with Crippen LogP contribution in [-0.2, 0) is 4.79 Å². The number of halogens is 1. The Bertz CT molecular complexity index is 1390. The van der Waals surface area contributed by atoms with E-state index in [0.29, 0.717) is 28.7 Å². The normalized spacial score (nSPS) is 12.2. The van der Waals surface area contributed by atoms with Crippen LogP contribution in [0.15, 0.2) is 77.2 Å². The van der Waals surface area contributed by atoms with Gasteiger partial charge in [-0.05, 0) is 60.0 Å². The van der Waals surface area contributed by atoms with Gasteiger partial charge in [-0.2, -0.15) is 0 Å². The van der Waals surface area contributed by atoms with E-state index < -0.39 is 5.97 Å². The number of amides is 1. The molecule has 0 saturated carbocycles. The molecule has 38 heavy (non-hydrogen) atoms. The van der Waals surface area contributed by atoms with Gasteiger partial charge in [0.25, 0.3) is 5.91 Å². The minimum atomic E-state index is -0.954. The first kappa shape index (κ1) is 27.1. The van der Waals surface area contributed by atoms with Crippen LogP contribution >= 0.6 is 11.6 Å². The Morgan fingerprint density at radius 1 is 1.03 bits per heavy atom. The van der Waals surface area contributed by atoms with Crippen molar-refractivity contribution < 1.29 is 23.8 Å². The molecule has 1 atom stereocenters. The second-order valence-corrected chi connectivity index (χ2v) is 10.5. The van der Waals surface area contributed by atoms with E-state index >= 15 is 0 Å². The van der Waals surface area contributed by atoms with Crippen LogP contribution in [0.2, 0.25) is 5.02 Å². The predicted molar refractivity (Wildman–Crippen MR) is 150 cm³/mol. The maximum absolute atomic E-state index is 12.2. The molecule has 0 aliphatic heterocycles. The van der Waals surface area contributed by atoms with Crippen molar-refractivity contribution in [2.75, 3.05) is 18.5 Å². The fourth-order valence-electron chi connectivity index (χ4n) is 3.89. The molecule has 7 nitrogen and oxygen atoms in total. The predicted octanol–water partition coefficient (Wildman–Crippen LogP) is 6.86. The molecule has 0 spiro atoms. The number of nitrogens with one attached hydrogen (secondary N) is 2. The van der Waals surface area contributed by atoms with Gasteiger partial charge in [0.15, 0.2) is 0 Å². The van der Waals surface area contributed by atoms with Gasteiger partial charge in [0, 0.05) is 28.7 Å². The highest BCUT2D eigenvalue weighted by Crippen LogP contribution is 2.35. The van der Waals surface area contributed by atoms with E-state index in [-0.39, 0.29) is 30.3 Å². The molecule has 0 bridgehead atoms. The first-order valence-corrected chi connectivity index (χ1v) is 12.8. The van der Waals surface area contributed by atoms with Crippen LogP contribution in [0.5, 0.6) is 5.75 Å². The number of para-hydroxylation sites is 1. The number of carbonyl (C=O) groups is 2. The highest BCUT2D eigenvalue weighted by Gasteiger charge is 2.25. The summed E-state index contributed by atoms with van der Waals surface area (Å²) in [6.07, 6.45) is -0.119. The van der Waals surface area contributed by atoms with Crippen LogP contribution in [0.1, 0.15) is 37.6 Å². The van der Waals surface area contributed by atoms with Gasteiger partial charge >= 0.3 is 5.97 Å². The fraction of sp³-hybridized carbons (Fsp3) is 0.267. The fourth-order valence-corrected chi connectivity index (χ4v) is 4.16. The van der Waals surface area contributed by atoms with Gasteiger partial charge in [-0.15, -0.1) is 0 Å². The monoisotopic (exact) mass is 534 g/mol. The highest BCUT2D eigenvalue weighted by molar-refractivity contribution is 6.33. The summed E-state index contributed by atoms with van der Waals surface area (Å²) in [6.45, 7) is 6.84. The van der Waals surface area contributed by atoms with Gasteiger partial charge < -0.3 is 24.9 Å². The number of fused-ring (bicyclic) bond motifs is 1. The van der Waals surface area contributed by atoms with E-state index in [9.17, 15) is 9.59 Å². The number of carbonyl (C=O) groups excluding carboxylic acids is 1. The molecule has 0 fully saturated rings. The van der Waals surface area contributed by atoms with Gasteiger partial charge in [0.2, 0.25) is 0 Å². The number of aliphatic carboxylic acids is 1. The third kappa shape index (κ3) is 6.86. The second kappa shape index (κ2) is 11.6. The van der Waals surface area contributed by atoms with Gasteiger partial charge in [-0.3, -0.25) is 9.59 Å². The Hall–Kier alpha value is -3.97. The summed E-state index contributed by atoms with van der Waals surface area (Å²) in [6, 6.07) is 22.4. The molecule has 3 aromatic carbocycles. The number of ether oxygens (including phenoxy) is 1. The third-order valence-corrected chi connectivity index (χ3v) is 6.52. The van der Waals surface area contributed by atoms with Gasteiger partial charge in [-0.1, -0.05) is 50.6 Å². The van der Waals surface area contributed by atoms with Crippen molar-refractivity contribution in [2.24, 2.45) is 5.41 Å². The standard InChI is InChI=1S/C30H31ClN2O5/c1-30(2,3)27(33-21-10-8-19(9-11-21)29(36)32-15-14-28(34)35)18-37-22-12-13-23(24(31)17-22)26-16-20-6-4-5-7-25(20)38-26/h4-13,16-17,27,33H,14-15,18H2,1-3H3,(H,32,36)(H,34,35). The topological polar surface area (TPSA) is 101 Å². The summed E-state index contributed by atoms with van der Waals surface area (Å²) in [4.78, 5) is 22.8. The average molecular weight is 535 g/mol. The van der Waals surface area contributed by atoms with Crippen LogP contribution in [0.25, 0.3) is 22.3 Å². The first-order valence-electron chi connectivity index (χ1n) is 12.4. The molecule has 0 radical (unpaired) electrons. The van der Waals surface area contributed by atoms with Crippen molar-refractivity contribution in [1.82, 2.24) is 5.32 Å². The summed E-state index contributed by atoms with van der Waals surface area (Å²) in [5.41, 5.74) is 2.78. The Balaban J connectivity index is 1.39. The van der Waals surface area contributed by atoms with Crippen molar-refractivity contribution in [3.63, 3.8) is 0 Å². The number of anilines is 1. The third-order valence-electron chi connectivity index (χ3n) is 6.21. The molecule has 3 N–H and O–H groups in total. The number of furan rings is 1. The van der Waals surface area contributed by atoms with Crippen molar-refractivity contribution >= 4 is 40.1 Å². The minimum Gasteiger partial charge on any atom is -0.491 e. The molecule has 4 aromatic rings. The van der Waals surface area contributed by atoms with Crippen molar-refractivity contribution in [3.05, 3.63) is 83.4 Å². The Labute approximate surface area is 226 Å². The Kier molecular flexibility index (Phi) is 8.27. The number of carboxylic acid groups (broad SMARTS) is 1. The lowest BCUT2D eigenvalue weighted by atomic mass is 9.87. The van der Waals surface area contributed by atoms with E-state index in [1.807, 2.05) is 54.6 Å². The van der Waals surface area contributed by atoms with E-state index in [1.165, 1.54) is 0 Å². The molecule has 8 heteroatoms. The van der Waals surface area contributed by atoms with Crippen LogP contribution in [0.3, 0.4) is 0 Å². The van der Waals surface area contributed by atoms with Crippen LogP contribution < -0.4 is 15.4 Å². The lowest BCUT2D eigenvalue weighted by Crippen LogP contribution is -2.39. The molecule has 1 amide bonds. The molecule has 4 rings (SSSR count). The van der Waals surface area contributed by atoms with E-state index in [1.54, 1.807) is 18.2 Å². The van der Waals surface area contributed by atoms with E-state index in [4.69, 9.17) is 25.9 Å². The average Bonchev–Trinajstić information content (AvgIpc) is 3.30. The first-order chi connectivity index (χ1) is 18.1. The molecule has 1 heterocycles. The highest BCUT2D eigenvalue weighted by atomic mass is 35.5. The quantitative estimate of drug-likeness (QED) is 0.205. The molecule has 1 aromatic heterocycles. The largest absolute Gasteiger partial charge is 0.491 e.